The van der Waals surface area contributed by atoms with Crippen LogP contribution in [0.1, 0.15) is 29.3 Å². The Morgan fingerprint density at radius 2 is 2.03 bits per heavy atom. The normalized spacial score (nSPS) is 16.1. The molecule has 6 nitrogen and oxygen atoms in total. The first-order valence-corrected chi connectivity index (χ1v) is 11.0. The molecule has 12 heteroatoms. The van der Waals surface area contributed by atoms with Crippen molar-refractivity contribution in [1.82, 2.24) is 19.9 Å². The molecule has 3 aromatic heterocycles. The maximum atomic E-state index is 13.1. The molecule has 1 aliphatic carbocycles. The van der Waals surface area contributed by atoms with E-state index in [9.17, 15) is 17.6 Å². The zero-order chi connectivity index (χ0) is 24.5. The molecule has 0 bridgehead atoms. The van der Waals surface area contributed by atoms with E-state index < -0.39 is 17.7 Å². The van der Waals surface area contributed by atoms with Crippen molar-refractivity contribution in [2.24, 2.45) is 0 Å². The number of methoxy groups -OCH3 is 1. The lowest BCUT2D eigenvalue weighted by Crippen LogP contribution is -2.11. The predicted molar refractivity (Wildman–Crippen MR) is 119 cm³/mol. The number of imidazole rings is 1. The summed E-state index contributed by atoms with van der Waals surface area (Å²) in [5, 5.41) is 0.239. The Morgan fingerprint density at radius 3 is 2.68 bits per heavy atom. The van der Waals surface area contributed by atoms with Crippen molar-refractivity contribution in [2.75, 3.05) is 7.11 Å². The van der Waals surface area contributed by atoms with Crippen LogP contribution in [0.15, 0.2) is 58.7 Å². The first kappa shape index (κ1) is 24.2. The third-order valence-corrected chi connectivity index (χ3v) is 6.05. The molecule has 178 valence electrons. The molecule has 4 rings (SSSR count). The first-order valence-electron chi connectivity index (χ1n) is 9.83. The molecule has 0 aromatic carbocycles. The molecule has 3 heterocycles. The van der Waals surface area contributed by atoms with Gasteiger partial charge in [0, 0.05) is 28.5 Å². The summed E-state index contributed by atoms with van der Waals surface area (Å²) in [6.45, 7) is -0.0464. The highest BCUT2D eigenvalue weighted by Crippen LogP contribution is 2.38. The molecule has 1 N–H and O–H groups in total. The van der Waals surface area contributed by atoms with Gasteiger partial charge in [-0.25, -0.2) is 9.97 Å². The lowest BCUT2D eigenvalue weighted by molar-refractivity contribution is -0.137. The van der Waals surface area contributed by atoms with Crippen molar-refractivity contribution in [2.45, 2.75) is 25.1 Å². The Morgan fingerprint density at radius 1 is 1.24 bits per heavy atom. The molecule has 0 fully saturated rings. The van der Waals surface area contributed by atoms with E-state index in [0.717, 1.165) is 12.3 Å². The van der Waals surface area contributed by atoms with Crippen LogP contribution in [0.2, 0.25) is 5.15 Å². The van der Waals surface area contributed by atoms with Crippen molar-refractivity contribution >= 4 is 27.5 Å². The van der Waals surface area contributed by atoms with Gasteiger partial charge in [0.2, 0.25) is 5.95 Å². The Kier molecular flexibility index (Phi) is 6.94. The average Bonchev–Trinajstić information content (AvgIpc) is 3.19. The van der Waals surface area contributed by atoms with Gasteiger partial charge >= 0.3 is 6.18 Å². The molecule has 1 atom stereocenters. The highest BCUT2D eigenvalue weighted by molar-refractivity contribution is 9.10. The molecule has 0 saturated heterocycles. The molecule has 1 aliphatic rings. The average molecular weight is 560 g/mol. The zero-order valence-corrected chi connectivity index (χ0v) is 19.8. The van der Waals surface area contributed by atoms with Gasteiger partial charge in [0.15, 0.2) is 5.15 Å². The second kappa shape index (κ2) is 9.75. The maximum Gasteiger partial charge on any atom is 0.417 e. The Bertz CT molecular complexity index is 1260. The van der Waals surface area contributed by atoms with Crippen molar-refractivity contribution in [3.63, 3.8) is 0 Å². The summed E-state index contributed by atoms with van der Waals surface area (Å²) >= 11 is 9.47. The van der Waals surface area contributed by atoms with Crippen molar-refractivity contribution in [3.8, 4) is 11.4 Å². The summed E-state index contributed by atoms with van der Waals surface area (Å²) in [6.07, 6.45) is 1.57. The number of nitrogens with one attached hydrogen (secondary N) is 1. The maximum absolute atomic E-state index is 13.1. The molecule has 1 unspecified atom stereocenters. The minimum Gasteiger partial charge on any atom is -0.500 e. The summed E-state index contributed by atoms with van der Waals surface area (Å²) in [6, 6.07) is 3.72. The number of rotatable bonds is 6. The Balaban J connectivity index is 1.48. The van der Waals surface area contributed by atoms with Crippen LogP contribution in [-0.4, -0.2) is 27.0 Å². The second-order valence-electron chi connectivity index (χ2n) is 7.24. The molecule has 3 aromatic rings. The standard InChI is InChI=1S/C22H16BrClF4N4O2/c1-33-17-7-13(34-10-16-15(23)6-12(9-29-16)22(26,27)28)3-4-14(17)19-20(24)32-21(31-19)11-2-5-18(25)30-8-11/h2-3,5-9,14H,4,10H2,1H3,(H,31,32). The van der Waals surface area contributed by atoms with E-state index in [0.29, 0.717) is 40.7 Å². The number of aromatic amines is 1. The van der Waals surface area contributed by atoms with Crippen LogP contribution in [0.25, 0.3) is 11.4 Å². The van der Waals surface area contributed by atoms with Gasteiger partial charge in [0.1, 0.15) is 23.9 Å². The largest absolute Gasteiger partial charge is 0.500 e. The van der Waals surface area contributed by atoms with E-state index in [1.54, 1.807) is 6.08 Å². The lowest BCUT2D eigenvalue weighted by Gasteiger charge is -2.22. The first-order chi connectivity index (χ1) is 16.2. The molecule has 0 saturated carbocycles. The van der Waals surface area contributed by atoms with E-state index in [4.69, 9.17) is 21.1 Å². The summed E-state index contributed by atoms with van der Waals surface area (Å²) in [4.78, 5) is 14.9. The summed E-state index contributed by atoms with van der Waals surface area (Å²) in [5.41, 5.74) is 0.647. The fraction of sp³-hybridized carbons (Fsp3) is 0.227. The number of aromatic nitrogens is 4. The van der Waals surface area contributed by atoms with E-state index in [2.05, 4.69) is 35.9 Å². The van der Waals surface area contributed by atoms with E-state index in [1.165, 1.54) is 25.4 Å². The van der Waals surface area contributed by atoms with E-state index in [1.807, 2.05) is 6.08 Å². The van der Waals surface area contributed by atoms with Gasteiger partial charge in [-0.2, -0.15) is 17.6 Å². The minimum absolute atomic E-state index is 0.0464. The Labute approximate surface area is 204 Å². The van der Waals surface area contributed by atoms with Gasteiger partial charge in [-0.15, -0.1) is 0 Å². The van der Waals surface area contributed by atoms with Gasteiger partial charge in [-0.05, 0) is 46.6 Å². The monoisotopic (exact) mass is 558 g/mol. The summed E-state index contributed by atoms with van der Waals surface area (Å²) in [7, 11) is 1.50. The SMILES string of the molecule is COC1=CC(OCc2ncc(C(F)(F)F)cc2Br)=CCC1c1[nH]c(-c2ccc(F)nc2)nc1Cl. The van der Waals surface area contributed by atoms with Crippen molar-refractivity contribution < 1.29 is 27.0 Å². The number of H-pyrrole nitrogens is 1. The van der Waals surface area contributed by atoms with Crippen LogP contribution in [-0.2, 0) is 22.3 Å². The quantitative estimate of drug-likeness (QED) is 0.274. The predicted octanol–water partition coefficient (Wildman–Crippen LogP) is 6.56. The number of alkyl halides is 3. The number of pyridine rings is 2. The zero-order valence-electron chi connectivity index (χ0n) is 17.5. The smallest absolute Gasteiger partial charge is 0.417 e. The number of halogens is 6. The van der Waals surface area contributed by atoms with Crippen LogP contribution in [0.3, 0.4) is 0 Å². The van der Waals surface area contributed by atoms with Crippen molar-refractivity contribution in [3.05, 3.63) is 86.8 Å². The fourth-order valence-corrected chi connectivity index (χ4v) is 4.07. The molecule has 0 aliphatic heterocycles. The Hall–Kier alpha value is -2.92. The molecular formula is C22H16BrClF4N4O2. The fourth-order valence-electron chi connectivity index (χ4n) is 3.34. The van der Waals surface area contributed by atoms with Crippen LogP contribution < -0.4 is 0 Å². The van der Waals surface area contributed by atoms with E-state index >= 15 is 0 Å². The second-order valence-corrected chi connectivity index (χ2v) is 8.46. The molecule has 0 amide bonds. The van der Waals surface area contributed by atoms with E-state index in [-0.39, 0.29) is 22.2 Å². The van der Waals surface area contributed by atoms with Crippen LogP contribution in [0, 0.1) is 5.95 Å². The third-order valence-electron chi connectivity index (χ3n) is 5.07. The third kappa shape index (κ3) is 5.25. The lowest BCUT2D eigenvalue weighted by atomic mass is 9.94. The van der Waals surface area contributed by atoms with Gasteiger partial charge in [0.05, 0.1) is 30.0 Å². The molecular weight excluding hydrogens is 544 g/mol. The molecule has 0 spiro atoms. The van der Waals surface area contributed by atoms with Crippen LogP contribution in [0.5, 0.6) is 0 Å². The number of hydrogen-bond donors (Lipinski definition) is 1. The molecule has 34 heavy (non-hydrogen) atoms. The van der Waals surface area contributed by atoms with Gasteiger partial charge in [-0.1, -0.05) is 11.6 Å². The minimum atomic E-state index is -4.48. The highest BCUT2D eigenvalue weighted by Gasteiger charge is 2.31. The summed E-state index contributed by atoms with van der Waals surface area (Å²) in [5.74, 6) is 0.573. The number of ether oxygens (including phenoxy) is 2. The van der Waals surface area contributed by atoms with Gasteiger partial charge < -0.3 is 14.5 Å². The topological polar surface area (TPSA) is 72.9 Å². The highest BCUT2D eigenvalue weighted by atomic mass is 79.9. The van der Waals surface area contributed by atoms with Crippen LogP contribution in [0.4, 0.5) is 17.6 Å². The number of allylic oxidation sites excluding steroid dienone is 3. The van der Waals surface area contributed by atoms with Crippen LogP contribution >= 0.6 is 27.5 Å². The summed E-state index contributed by atoms with van der Waals surface area (Å²) < 4.78 is 63.0. The number of nitrogens with zero attached hydrogens (tertiary/aromatic N) is 3. The van der Waals surface area contributed by atoms with Crippen molar-refractivity contribution in [1.29, 1.82) is 0 Å². The molecule has 0 radical (unpaired) electrons. The number of hydrogen-bond acceptors (Lipinski definition) is 5. The van der Waals surface area contributed by atoms with Gasteiger partial charge in [0.25, 0.3) is 0 Å². The van der Waals surface area contributed by atoms with Gasteiger partial charge in [-0.3, -0.25) is 4.98 Å².